The van der Waals surface area contributed by atoms with Crippen molar-refractivity contribution >= 4 is 17.4 Å². The summed E-state index contributed by atoms with van der Waals surface area (Å²) < 4.78 is 14.3. The third kappa shape index (κ3) is 4.30. The maximum absolute atomic E-state index is 14.3. The molecule has 3 aromatic carbocycles. The Morgan fingerprint density at radius 3 is 2.34 bits per heavy atom. The third-order valence-electron chi connectivity index (χ3n) is 6.96. The fraction of sp³-hybridized carbons (Fsp3) is 0.200. The van der Waals surface area contributed by atoms with Crippen LogP contribution in [0.4, 0.5) is 10.1 Å². The lowest BCUT2D eigenvalue weighted by Gasteiger charge is -2.37. The molecule has 5 heteroatoms. The van der Waals surface area contributed by atoms with E-state index in [1.54, 1.807) is 12.1 Å². The van der Waals surface area contributed by atoms with Crippen molar-refractivity contribution in [3.05, 3.63) is 124 Å². The molecule has 1 aliphatic carbocycles. The fourth-order valence-corrected chi connectivity index (χ4v) is 5.27. The number of allylic oxidation sites excluding steroid dienone is 3. The van der Waals surface area contributed by atoms with E-state index in [9.17, 15) is 14.0 Å². The van der Waals surface area contributed by atoms with Crippen LogP contribution >= 0.6 is 0 Å². The zero-order chi connectivity index (χ0) is 24.5. The normalized spacial score (nSPS) is 19.8. The van der Waals surface area contributed by atoms with Crippen LogP contribution in [0.15, 0.2) is 101 Å². The molecule has 2 aliphatic rings. The van der Waals surface area contributed by atoms with Crippen molar-refractivity contribution in [1.29, 1.82) is 0 Å². The van der Waals surface area contributed by atoms with Crippen LogP contribution in [0.25, 0.3) is 0 Å². The average Bonchev–Trinajstić information content (AvgIpc) is 2.85. The van der Waals surface area contributed by atoms with Gasteiger partial charge in [-0.2, -0.15) is 0 Å². The SMILES string of the molecule is CC1=C(C(=O)Nc2ccccc2F)[C@H](c2ccccc2C)C2=C(C[C@@H](c3ccccc3)CC2=O)N1. The lowest BCUT2D eigenvalue weighted by molar-refractivity contribution is -0.116. The third-order valence-corrected chi connectivity index (χ3v) is 6.96. The molecule has 1 aliphatic heterocycles. The van der Waals surface area contributed by atoms with Crippen LogP contribution in [0.5, 0.6) is 0 Å². The molecule has 1 amide bonds. The number of anilines is 1. The van der Waals surface area contributed by atoms with Crippen molar-refractivity contribution in [3.63, 3.8) is 0 Å². The number of carbonyl (C=O) groups excluding carboxylic acids is 2. The number of hydrogen-bond donors (Lipinski definition) is 2. The van der Waals surface area contributed by atoms with Crippen molar-refractivity contribution < 1.29 is 14.0 Å². The number of dihydropyridines is 1. The van der Waals surface area contributed by atoms with E-state index in [4.69, 9.17) is 0 Å². The first-order chi connectivity index (χ1) is 16.9. The van der Waals surface area contributed by atoms with E-state index < -0.39 is 17.6 Å². The zero-order valence-electron chi connectivity index (χ0n) is 19.8. The van der Waals surface area contributed by atoms with Crippen LogP contribution in [-0.4, -0.2) is 11.7 Å². The molecule has 176 valence electrons. The molecule has 0 unspecified atom stereocenters. The molecule has 0 spiro atoms. The van der Waals surface area contributed by atoms with Crippen LogP contribution in [0.2, 0.25) is 0 Å². The Bertz CT molecular complexity index is 1370. The molecule has 1 heterocycles. The molecular weight excluding hydrogens is 439 g/mol. The molecular formula is C30H27FN2O2. The summed E-state index contributed by atoms with van der Waals surface area (Å²) in [5.74, 6) is -1.34. The minimum absolute atomic E-state index is 0.0320. The molecule has 2 atom stereocenters. The Morgan fingerprint density at radius 1 is 0.914 bits per heavy atom. The highest BCUT2D eigenvalue weighted by atomic mass is 19.1. The topological polar surface area (TPSA) is 58.2 Å². The molecule has 35 heavy (non-hydrogen) atoms. The highest BCUT2D eigenvalue weighted by Crippen LogP contribution is 2.46. The second kappa shape index (κ2) is 9.34. The van der Waals surface area contributed by atoms with Crippen molar-refractivity contribution in [3.8, 4) is 0 Å². The van der Waals surface area contributed by atoms with Gasteiger partial charge in [0.1, 0.15) is 5.82 Å². The van der Waals surface area contributed by atoms with E-state index in [0.717, 1.165) is 22.4 Å². The molecule has 2 N–H and O–H groups in total. The number of para-hydroxylation sites is 1. The van der Waals surface area contributed by atoms with Crippen LogP contribution in [0.1, 0.15) is 48.3 Å². The van der Waals surface area contributed by atoms with E-state index in [0.29, 0.717) is 29.7 Å². The number of carbonyl (C=O) groups is 2. The number of ketones is 1. The fourth-order valence-electron chi connectivity index (χ4n) is 5.27. The molecule has 3 aromatic rings. The maximum Gasteiger partial charge on any atom is 0.254 e. The van der Waals surface area contributed by atoms with E-state index in [2.05, 4.69) is 22.8 Å². The Kier molecular flexibility index (Phi) is 6.08. The summed E-state index contributed by atoms with van der Waals surface area (Å²) in [6, 6.07) is 24.0. The van der Waals surface area contributed by atoms with E-state index >= 15 is 0 Å². The lowest BCUT2D eigenvalue weighted by atomic mass is 9.71. The average molecular weight is 467 g/mol. The predicted octanol–water partition coefficient (Wildman–Crippen LogP) is 6.13. The van der Waals surface area contributed by atoms with Gasteiger partial charge in [-0.15, -0.1) is 0 Å². The molecule has 0 aromatic heterocycles. The number of benzene rings is 3. The van der Waals surface area contributed by atoms with Gasteiger partial charge in [-0.05, 0) is 55.0 Å². The number of amides is 1. The van der Waals surface area contributed by atoms with Crippen molar-refractivity contribution in [1.82, 2.24) is 5.32 Å². The molecule has 0 fully saturated rings. The van der Waals surface area contributed by atoms with E-state index in [1.165, 1.54) is 12.1 Å². The van der Waals surface area contributed by atoms with Crippen molar-refractivity contribution in [2.45, 2.75) is 38.5 Å². The van der Waals surface area contributed by atoms with Crippen LogP contribution in [0, 0.1) is 12.7 Å². The van der Waals surface area contributed by atoms with Gasteiger partial charge in [0.05, 0.1) is 5.69 Å². The first-order valence-electron chi connectivity index (χ1n) is 11.8. The second-order valence-electron chi connectivity index (χ2n) is 9.22. The molecule has 0 radical (unpaired) electrons. The summed E-state index contributed by atoms with van der Waals surface area (Å²) in [6.45, 7) is 3.83. The highest BCUT2D eigenvalue weighted by Gasteiger charge is 2.41. The van der Waals surface area contributed by atoms with Crippen molar-refractivity contribution in [2.24, 2.45) is 0 Å². The minimum atomic E-state index is -0.525. The Labute approximate surface area is 204 Å². The first kappa shape index (κ1) is 22.8. The van der Waals surface area contributed by atoms with Crippen LogP contribution in [-0.2, 0) is 9.59 Å². The van der Waals surface area contributed by atoms with Gasteiger partial charge in [0.15, 0.2) is 5.78 Å². The first-order valence-corrected chi connectivity index (χ1v) is 11.8. The predicted molar refractivity (Wildman–Crippen MR) is 135 cm³/mol. The Balaban J connectivity index is 1.59. The summed E-state index contributed by atoms with van der Waals surface area (Å²) in [7, 11) is 0. The van der Waals surface area contributed by atoms with Gasteiger partial charge in [-0.3, -0.25) is 9.59 Å². The van der Waals surface area contributed by atoms with Crippen LogP contribution in [0.3, 0.4) is 0 Å². The highest BCUT2D eigenvalue weighted by molar-refractivity contribution is 6.10. The van der Waals surface area contributed by atoms with Gasteiger partial charge in [0, 0.05) is 34.9 Å². The van der Waals surface area contributed by atoms with E-state index in [1.807, 2.05) is 56.3 Å². The van der Waals surface area contributed by atoms with Crippen molar-refractivity contribution in [2.75, 3.05) is 5.32 Å². The number of aryl methyl sites for hydroxylation is 1. The maximum atomic E-state index is 14.3. The number of Topliss-reactive ketones (excluding diaryl/α,β-unsaturated/α-hetero) is 1. The van der Waals surface area contributed by atoms with Gasteiger partial charge >= 0.3 is 0 Å². The summed E-state index contributed by atoms with van der Waals surface area (Å²) in [5.41, 5.74) is 5.75. The van der Waals surface area contributed by atoms with Gasteiger partial charge in [-0.1, -0.05) is 66.7 Å². The number of halogens is 1. The monoisotopic (exact) mass is 466 g/mol. The largest absolute Gasteiger partial charge is 0.362 e. The standard InChI is InChI=1S/C30H27FN2O2/c1-18-10-6-7-13-22(18)28-27(30(35)33-24-15-9-8-14-23(24)31)19(2)32-25-16-21(17-26(34)29(25)28)20-11-4-3-5-12-20/h3-15,21,28,32H,16-17H2,1-2H3,(H,33,35)/t21-,28+/m1/s1. The van der Waals surface area contributed by atoms with Gasteiger partial charge in [0.25, 0.3) is 5.91 Å². The molecule has 0 bridgehead atoms. The minimum Gasteiger partial charge on any atom is -0.362 e. The smallest absolute Gasteiger partial charge is 0.254 e. The molecule has 0 saturated carbocycles. The number of hydrogen-bond acceptors (Lipinski definition) is 3. The Morgan fingerprint density at radius 2 is 1.60 bits per heavy atom. The lowest BCUT2D eigenvalue weighted by Crippen LogP contribution is -2.37. The summed E-state index contributed by atoms with van der Waals surface area (Å²) in [5, 5.41) is 6.11. The second-order valence-corrected chi connectivity index (χ2v) is 9.22. The summed E-state index contributed by atoms with van der Waals surface area (Å²) >= 11 is 0. The quantitative estimate of drug-likeness (QED) is 0.486. The van der Waals surface area contributed by atoms with Gasteiger partial charge in [-0.25, -0.2) is 4.39 Å². The summed E-state index contributed by atoms with van der Waals surface area (Å²) in [6.07, 6.45) is 1.07. The Hall–Kier alpha value is -3.99. The zero-order valence-corrected chi connectivity index (χ0v) is 19.8. The molecule has 4 nitrogen and oxygen atoms in total. The number of rotatable bonds is 4. The van der Waals surface area contributed by atoms with Gasteiger partial charge in [0.2, 0.25) is 0 Å². The van der Waals surface area contributed by atoms with Crippen LogP contribution < -0.4 is 10.6 Å². The molecule has 5 rings (SSSR count). The van der Waals surface area contributed by atoms with Gasteiger partial charge < -0.3 is 10.6 Å². The summed E-state index contributed by atoms with van der Waals surface area (Å²) in [4.78, 5) is 27.3. The molecule has 0 saturated heterocycles. The number of nitrogens with one attached hydrogen (secondary N) is 2. The van der Waals surface area contributed by atoms with E-state index in [-0.39, 0.29) is 17.4 Å².